The zero-order chi connectivity index (χ0) is 14.5. The average molecular weight is 287 g/mol. The van der Waals surface area contributed by atoms with Gasteiger partial charge in [0.15, 0.2) is 0 Å². The molecule has 0 aliphatic carbocycles. The Morgan fingerprint density at radius 2 is 2.30 bits per heavy atom. The molecule has 0 saturated carbocycles. The Hall–Kier alpha value is -1.24. The largest absolute Gasteiger partial charge is 0.435 e. The van der Waals surface area contributed by atoms with E-state index in [1.165, 1.54) is 12.1 Å². The molecule has 0 aromatic heterocycles. The molecule has 1 aromatic carbocycles. The number of aliphatic hydroxyl groups excluding tert-OH is 1. The molecule has 1 aromatic rings. The van der Waals surface area contributed by atoms with Crippen molar-refractivity contribution in [3.05, 3.63) is 29.8 Å². The minimum absolute atomic E-state index is 0.0501. The molecule has 3 atom stereocenters. The second-order valence-corrected chi connectivity index (χ2v) is 4.85. The fraction of sp³-hybridized carbons (Fsp3) is 0.571. The fourth-order valence-electron chi connectivity index (χ4n) is 2.28. The Balaban J connectivity index is 1.89. The standard InChI is InChI=1S/C14H19F2NO3/c1-9-12(5-6-19-9)17-8-13(18)10-3-2-4-11(7-10)20-14(15)16/h2-4,7,9,12-14,17-18H,5-6,8H2,1H3. The summed E-state index contributed by atoms with van der Waals surface area (Å²) in [4.78, 5) is 0. The smallest absolute Gasteiger partial charge is 0.387 e. The van der Waals surface area contributed by atoms with Gasteiger partial charge < -0.3 is 19.9 Å². The Morgan fingerprint density at radius 1 is 1.50 bits per heavy atom. The molecule has 2 rings (SSSR count). The van der Waals surface area contributed by atoms with Crippen LogP contribution in [-0.4, -0.2) is 37.0 Å². The van der Waals surface area contributed by atoms with E-state index in [0.29, 0.717) is 18.7 Å². The third-order valence-corrected chi connectivity index (χ3v) is 3.42. The van der Waals surface area contributed by atoms with Crippen molar-refractivity contribution in [2.75, 3.05) is 13.2 Å². The van der Waals surface area contributed by atoms with Gasteiger partial charge in [-0.05, 0) is 31.0 Å². The van der Waals surface area contributed by atoms with E-state index >= 15 is 0 Å². The first-order chi connectivity index (χ1) is 9.56. The molecular weight excluding hydrogens is 268 g/mol. The van der Waals surface area contributed by atoms with E-state index in [2.05, 4.69) is 10.1 Å². The lowest BCUT2D eigenvalue weighted by Crippen LogP contribution is -2.37. The number of benzene rings is 1. The summed E-state index contributed by atoms with van der Waals surface area (Å²) in [6.45, 7) is 0.175. The van der Waals surface area contributed by atoms with Crippen LogP contribution in [0.15, 0.2) is 24.3 Å². The van der Waals surface area contributed by atoms with Gasteiger partial charge in [0.1, 0.15) is 5.75 Å². The van der Waals surface area contributed by atoms with E-state index in [1.54, 1.807) is 12.1 Å². The summed E-state index contributed by atoms with van der Waals surface area (Å²) in [6.07, 6.45) is 0.252. The number of nitrogens with one attached hydrogen (secondary N) is 1. The summed E-state index contributed by atoms with van der Waals surface area (Å²) in [5.41, 5.74) is 0.544. The number of hydrogen-bond donors (Lipinski definition) is 2. The van der Waals surface area contributed by atoms with Gasteiger partial charge in [-0.25, -0.2) is 0 Å². The second kappa shape index (κ2) is 6.97. The number of aliphatic hydroxyl groups is 1. The Kier molecular flexibility index (Phi) is 5.28. The van der Waals surface area contributed by atoms with E-state index < -0.39 is 12.7 Å². The maximum atomic E-state index is 12.1. The highest BCUT2D eigenvalue weighted by Crippen LogP contribution is 2.21. The molecule has 1 heterocycles. The number of ether oxygens (including phenoxy) is 2. The molecular formula is C14H19F2NO3. The third-order valence-electron chi connectivity index (χ3n) is 3.42. The highest BCUT2D eigenvalue weighted by Gasteiger charge is 2.24. The van der Waals surface area contributed by atoms with Crippen LogP contribution in [0.3, 0.4) is 0 Å². The van der Waals surface area contributed by atoms with Crippen LogP contribution in [0.5, 0.6) is 5.75 Å². The van der Waals surface area contributed by atoms with Crippen molar-refractivity contribution in [3.8, 4) is 5.75 Å². The van der Waals surface area contributed by atoms with Crippen molar-refractivity contribution in [2.45, 2.75) is 38.2 Å². The van der Waals surface area contributed by atoms with Gasteiger partial charge in [-0.15, -0.1) is 0 Å². The van der Waals surface area contributed by atoms with Crippen LogP contribution < -0.4 is 10.1 Å². The van der Waals surface area contributed by atoms with E-state index in [-0.39, 0.29) is 17.9 Å². The van der Waals surface area contributed by atoms with Crippen molar-refractivity contribution < 1.29 is 23.4 Å². The lowest BCUT2D eigenvalue weighted by Gasteiger charge is -2.19. The van der Waals surface area contributed by atoms with Gasteiger partial charge in [0, 0.05) is 19.2 Å². The molecule has 6 heteroatoms. The number of alkyl halides is 2. The molecule has 1 aliphatic heterocycles. The topological polar surface area (TPSA) is 50.7 Å². The SMILES string of the molecule is CC1OCCC1NCC(O)c1cccc(OC(F)F)c1. The lowest BCUT2D eigenvalue weighted by molar-refractivity contribution is -0.0499. The molecule has 2 N–H and O–H groups in total. The maximum absolute atomic E-state index is 12.1. The molecule has 4 nitrogen and oxygen atoms in total. The van der Waals surface area contributed by atoms with Crippen LogP contribution >= 0.6 is 0 Å². The molecule has 20 heavy (non-hydrogen) atoms. The zero-order valence-corrected chi connectivity index (χ0v) is 11.3. The first-order valence-electron chi connectivity index (χ1n) is 6.64. The molecule has 0 bridgehead atoms. The van der Waals surface area contributed by atoms with Crippen LogP contribution in [-0.2, 0) is 4.74 Å². The molecule has 0 radical (unpaired) electrons. The minimum atomic E-state index is -2.86. The second-order valence-electron chi connectivity index (χ2n) is 4.85. The molecule has 0 amide bonds. The number of hydrogen-bond acceptors (Lipinski definition) is 4. The van der Waals surface area contributed by atoms with E-state index in [0.717, 1.165) is 6.42 Å². The van der Waals surface area contributed by atoms with Crippen molar-refractivity contribution in [2.24, 2.45) is 0 Å². The van der Waals surface area contributed by atoms with Gasteiger partial charge in [-0.3, -0.25) is 0 Å². The number of rotatable bonds is 6. The summed E-state index contributed by atoms with van der Waals surface area (Å²) in [5, 5.41) is 13.3. The predicted molar refractivity (Wildman–Crippen MR) is 69.9 cm³/mol. The average Bonchev–Trinajstić information content (AvgIpc) is 2.81. The summed E-state index contributed by atoms with van der Waals surface area (Å²) in [7, 11) is 0. The highest BCUT2D eigenvalue weighted by molar-refractivity contribution is 5.30. The van der Waals surface area contributed by atoms with Crippen molar-refractivity contribution >= 4 is 0 Å². The predicted octanol–water partition coefficient (Wildman–Crippen LogP) is 2.09. The van der Waals surface area contributed by atoms with Crippen LogP contribution in [0.25, 0.3) is 0 Å². The van der Waals surface area contributed by atoms with Crippen molar-refractivity contribution in [1.82, 2.24) is 5.32 Å². The highest BCUT2D eigenvalue weighted by atomic mass is 19.3. The van der Waals surface area contributed by atoms with Gasteiger partial charge in [0.25, 0.3) is 0 Å². The molecule has 0 spiro atoms. The molecule has 1 aliphatic rings. The maximum Gasteiger partial charge on any atom is 0.387 e. The van der Waals surface area contributed by atoms with Gasteiger partial charge in [0.05, 0.1) is 12.2 Å². The summed E-state index contributed by atoms with van der Waals surface area (Å²) >= 11 is 0. The van der Waals surface area contributed by atoms with Crippen molar-refractivity contribution in [1.29, 1.82) is 0 Å². The molecule has 112 valence electrons. The van der Waals surface area contributed by atoms with Gasteiger partial charge in [-0.1, -0.05) is 12.1 Å². The lowest BCUT2D eigenvalue weighted by atomic mass is 10.1. The third kappa shape index (κ3) is 4.13. The van der Waals surface area contributed by atoms with Crippen LogP contribution in [0.4, 0.5) is 8.78 Å². The van der Waals surface area contributed by atoms with E-state index in [9.17, 15) is 13.9 Å². The van der Waals surface area contributed by atoms with Crippen molar-refractivity contribution in [3.63, 3.8) is 0 Å². The first-order valence-corrected chi connectivity index (χ1v) is 6.64. The van der Waals surface area contributed by atoms with Gasteiger partial charge in [-0.2, -0.15) is 8.78 Å². The van der Waals surface area contributed by atoms with Gasteiger partial charge >= 0.3 is 6.61 Å². The van der Waals surface area contributed by atoms with Crippen LogP contribution in [0.2, 0.25) is 0 Å². The Morgan fingerprint density at radius 3 is 2.95 bits per heavy atom. The normalized spacial score (nSPS) is 24.1. The quantitative estimate of drug-likeness (QED) is 0.841. The number of halogens is 2. The Labute approximate surface area is 116 Å². The Bertz CT molecular complexity index is 431. The van der Waals surface area contributed by atoms with Gasteiger partial charge in [0.2, 0.25) is 0 Å². The van der Waals surface area contributed by atoms with E-state index in [4.69, 9.17) is 4.74 Å². The van der Waals surface area contributed by atoms with Crippen LogP contribution in [0.1, 0.15) is 25.0 Å². The van der Waals surface area contributed by atoms with Crippen LogP contribution in [0, 0.1) is 0 Å². The molecule has 1 fully saturated rings. The molecule has 3 unspecified atom stereocenters. The fourth-order valence-corrected chi connectivity index (χ4v) is 2.28. The monoisotopic (exact) mass is 287 g/mol. The minimum Gasteiger partial charge on any atom is -0.435 e. The zero-order valence-electron chi connectivity index (χ0n) is 11.3. The summed E-state index contributed by atoms with van der Waals surface area (Å²) in [6, 6.07) is 6.33. The summed E-state index contributed by atoms with van der Waals surface area (Å²) < 4.78 is 34.0. The summed E-state index contributed by atoms with van der Waals surface area (Å²) in [5.74, 6) is 0.0501. The first kappa shape index (κ1) is 15.2. The van der Waals surface area contributed by atoms with E-state index in [1.807, 2.05) is 6.92 Å². The molecule has 1 saturated heterocycles.